The summed E-state index contributed by atoms with van der Waals surface area (Å²) < 4.78 is 1.57. The second-order valence-corrected chi connectivity index (χ2v) is 6.03. The molecule has 0 spiro atoms. The van der Waals surface area contributed by atoms with Gasteiger partial charge in [0.2, 0.25) is 0 Å². The van der Waals surface area contributed by atoms with Crippen LogP contribution in [-0.4, -0.2) is 46.0 Å². The molecule has 7 nitrogen and oxygen atoms in total. The number of pyridine rings is 1. The molecule has 0 saturated carbocycles. The topological polar surface area (TPSA) is 71.3 Å². The van der Waals surface area contributed by atoms with E-state index >= 15 is 0 Å². The number of nitrogens with zero attached hydrogens (tertiary/aromatic N) is 5. The summed E-state index contributed by atoms with van der Waals surface area (Å²) in [6.07, 6.45) is 3.91. The minimum absolute atomic E-state index is 0.133. The highest BCUT2D eigenvalue weighted by Crippen LogP contribution is 2.24. The van der Waals surface area contributed by atoms with Crippen LogP contribution in [-0.2, 0) is 19.5 Å². The molecule has 0 unspecified atom stereocenters. The number of aromatic nitrogens is 3. The van der Waals surface area contributed by atoms with E-state index in [2.05, 4.69) is 9.97 Å². The number of fused-ring (bicyclic) bond motifs is 1. The van der Waals surface area contributed by atoms with Gasteiger partial charge in [0.15, 0.2) is 0 Å². The third kappa shape index (κ3) is 2.89. The maximum absolute atomic E-state index is 12.7. The Morgan fingerprint density at radius 3 is 2.79 bits per heavy atom. The molecule has 24 heavy (non-hydrogen) atoms. The van der Waals surface area contributed by atoms with Crippen molar-refractivity contribution in [1.29, 1.82) is 0 Å². The zero-order valence-electron chi connectivity index (χ0n) is 14.2. The molecule has 126 valence electrons. The summed E-state index contributed by atoms with van der Waals surface area (Å²) in [7, 11) is 3.89. The first kappa shape index (κ1) is 16.2. The van der Waals surface area contributed by atoms with Gasteiger partial charge in [0.05, 0.1) is 12.2 Å². The molecule has 1 amide bonds. The number of carbonyl (C=O) groups is 1. The Morgan fingerprint density at radius 2 is 2.12 bits per heavy atom. The molecule has 0 fully saturated rings. The third-order valence-corrected chi connectivity index (χ3v) is 4.28. The van der Waals surface area contributed by atoms with Gasteiger partial charge in [0.1, 0.15) is 12.1 Å². The number of anilines is 1. The smallest absolute Gasteiger partial charge is 0.254 e. The van der Waals surface area contributed by atoms with E-state index in [0.717, 1.165) is 17.1 Å². The number of rotatable bonds is 3. The van der Waals surface area contributed by atoms with Crippen LogP contribution in [0, 0.1) is 0 Å². The van der Waals surface area contributed by atoms with Crippen LogP contribution in [0.15, 0.2) is 29.5 Å². The van der Waals surface area contributed by atoms with Gasteiger partial charge in [0, 0.05) is 50.6 Å². The normalized spacial score (nSPS) is 13.5. The van der Waals surface area contributed by atoms with Gasteiger partial charge < -0.3 is 14.4 Å². The van der Waals surface area contributed by atoms with E-state index < -0.39 is 0 Å². The summed E-state index contributed by atoms with van der Waals surface area (Å²) in [4.78, 5) is 37.0. The van der Waals surface area contributed by atoms with E-state index in [0.29, 0.717) is 31.6 Å². The summed E-state index contributed by atoms with van der Waals surface area (Å²) in [5.41, 5.74) is 2.23. The average molecular weight is 327 g/mol. The van der Waals surface area contributed by atoms with Crippen molar-refractivity contribution in [1.82, 2.24) is 19.4 Å². The number of carbonyl (C=O) groups excluding carboxylic acids is 1. The Bertz CT molecular complexity index is 828. The molecular formula is C17H21N5O2. The minimum atomic E-state index is -0.155. The highest BCUT2D eigenvalue weighted by Gasteiger charge is 2.25. The maximum Gasteiger partial charge on any atom is 0.254 e. The Morgan fingerprint density at radius 1 is 1.33 bits per heavy atom. The van der Waals surface area contributed by atoms with Crippen LogP contribution < -0.4 is 10.5 Å². The maximum atomic E-state index is 12.7. The van der Waals surface area contributed by atoms with Crippen molar-refractivity contribution < 1.29 is 4.79 Å². The molecule has 1 aliphatic rings. The van der Waals surface area contributed by atoms with E-state index in [1.54, 1.807) is 21.7 Å². The molecule has 0 saturated heterocycles. The summed E-state index contributed by atoms with van der Waals surface area (Å²) in [5.74, 6) is 0.767. The van der Waals surface area contributed by atoms with Crippen LogP contribution in [0.1, 0.15) is 28.5 Å². The fourth-order valence-electron chi connectivity index (χ4n) is 2.98. The summed E-state index contributed by atoms with van der Waals surface area (Å²) in [6, 6.07) is 3.11. The predicted molar refractivity (Wildman–Crippen MR) is 91.2 cm³/mol. The van der Waals surface area contributed by atoms with Crippen molar-refractivity contribution in [2.45, 2.75) is 26.4 Å². The second kappa shape index (κ2) is 6.43. The molecule has 0 aliphatic carbocycles. The molecule has 2 aromatic rings. The first-order valence-corrected chi connectivity index (χ1v) is 8.01. The van der Waals surface area contributed by atoms with E-state index in [1.807, 2.05) is 25.9 Å². The molecule has 0 bridgehead atoms. The van der Waals surface area contributed by atoms with Crippen molar-refractivity contribution in [2.24, 2.45) is 0 Å². The van der Waals surface area contributed by atoms with Crippen molar-refractivity contribution >= 4 is 11.7 Å². The SMILES string of the molecule is CCn1ccc(C(=O)N2CCc3c(ncnc3N(C)C)C2)cc1=O. The van der Waals surface area contributed by atoms with Crippen LogP contribution in [0.4, 0.5) is 5.82 Å². The van der Waals surface area contributed by atoms with E-state index in [9.17, 15) is 9.59 Å². The average Bonchev–Trinajstić information content (AvgIpc) is 2.59. The lowest BCUT2D eigenvalue weighted by molar-refractivity contribution is 0.0731. The molecular weight excluding hydrogens is 306 g/mol. The second-order valence-electron chi connectivity index (χ2n) is 6.03. The third-order valence-electron chi connectivity index (χ3n) is 4.28. The summed E-state index contributed by atoms with van der Waals surface area (Å²) >= 11 is 0. The molecule has 3 heterocycles. The number of aryl methyl sites for hydroxylation is 1. The van der Waals surface area contributed by atoms with Crippen LogP contribution in [0.25, 0.3) is 0 Å². The number of hydrogen-bond donors (Lipinski definition) is 0. The van der Waals surface area contributed by atoms with E-state index in [4.69, 9.17) is 0 Å². The van der Waals surface area contributed by atoms with E-state index in [1.165, 1.54) is 12.4 Å². The standard InChI is InChI=1S/C17H21N5O2/c1-4-21-7-5-12(9-15(21)23)17(24)22-8-6-13-14(10-22)18-11-19-16(13)20(2)3/h5,7,9,11H,4,6,8,10H2,1-3H3. The van der Waals surface area contributed by atoms with Crippen LogP contribution in [0.3, 0.4) is 0 Å². The quantitative estimate of drug-likeness (QED) is 0.838. The number of hydrogen-bond acceptors (Lipinski definition) is 5. The monoisotopic (exact) mass is 327 g/mol. The summed E-state index contributed by atoms with van der Waals surface area (Å²) in [5, 5.41) is 0. The molecule has 2 aromatic heterocycles. The highest BCUT2D eigenvalue weighted by molar-refractivity contribution is 5.94. The Balaban J connectivity index is 1.85. The Hall–Kier alpha value is -2.70. The van der Waals surface area contributed by atoms with E-state index in [-0.39, 0.29) is 11.5 Å². The summed E-state index contributed by atoms with van der Waals surface area (Å²) in [6.45, 7) is 3.52. The predicted octanol–water partition coefficient (Wildman–Crippen LogP) is 0.923. The van der Waals surface area contributed by atoms with Crippen LogP contribution in [0.2, 0.25) is 0 Å². The van der Waals surface area contributed by atoms with Crippen molar-refractivity contribution in [3.05, 3.63) is 51.8 Å². The molecule has 0 N–H and O–H groups in total. The lowest BCUT2D eigenvalue weighted by Gasteiger charge is -2.30. The molecule has 0 aromatic carbocycles. The Labute approximate surface area is 140 Å². The number of amides is 1. The van der Waals surface area contributed by atoms with Crippen molar-refractivity contribution in [2.75, 3.05) is 25.5 Å². The lowest BCUT2D eigenvalue weighted by Crippen LogP contribution is -2.38. The van der Waals surface area contributed by atoms with Gasteiger partial charge >= 0.3 is 0 Å². The molecule has 1 aliphatic heterocycles. The molecule has 7 heteroatoms. The molecule has 3 rings (SSSR count). The van der Waals surface area contributed by atoms with Gasteiger partial charge in [-0.2, -0.15) is 0 Å². The molecule has 0 atom stereocenters. The fourth-order valence-corrected chi connectivity index (χ4v) is 2.98. The largest absolute Gasteiger partial charge is 0.362 e. The van der Waals surface area contributed by atoms with Gasteiger partial charge in [-0.25, -0.2) is 9.97 Å². The fraction of sp³-hybridized carbons (Fsp3) is 0.412. The van der Waals surface area contributed by atoms with Crippen LogP contribution >= 0.6 is 0 Å². The first-order valence-electron chi connectivity index (χ1n) is 8.01. The van der Waals surface area contributed by atoms with Crippen LogP contribution in [0.5, 0.6) is 0 Å². The highest BCUT2D eigenvalue weighted by atomic mass is 16.2. The zero-order chi connectivity index (χ0) is 17.3. The molecule has 0 radical (unpaired) electrons. The first-order chi connectivity index (χ1) is 11.5. The van der Waals surface area contributed by atoms with Gasteiger partial charge in [0.25, 0.3) is 11.5 Å². The Kier molecular flexibility index (Phi) is 4.33. The van der Waals surface area contributed by atoms with Gasteiger partial charge in [-0.1, -0.05) is 0 Å². The van der Waals surface area contributed by atoms with Crippen molar-refractivity contribution in [3.8, 4) is 0 Å². The van der Waals surface area contributed by atoms with Gasteiger partial charge in [-0.15, -0.1) is 0 Å². The van der Waals surface area contributed by atoms with Crippen molar-refractivity contribution in [3.63, 3.8) is 0 Å². The minimum Gasteiger partial charge on any atom is -0.362 e. The van der Waals surface area contributed by atoms with Gasteiger partial charge in [-0.05, 0) is 19.4 Å². The zero-order valence-corrected chi connectivity index (χ0v) is 14.2. The lowest BCUT2D eigenvalue weighted by atomic mass is 10.0. The van der Waals surface area contributed by atoms with Gasteiger partial charge in [-0.3, -0.25) is 9.59 Å².